The highest BCUT2D eigenvalue weighted by molar-refractivity contribution is 7.10. The van der Waals surface area contributed by atoms with Gasteiger partial charge in [0.05, 0.1) is 16.0 Å². The number of rotatable bonds is 2. The lowest BCUT2D eigenvalue weighted by Crippen LogP contribution is -2.25. The molecule has 1 saturated heterocycles. The molecule has 1 N–H and O–H groups in total. The van der Waals surface area contributed by atoms with Crippen molar-refractivity contribution in [3.05, 3.63) is 21.3 Å². The Labute approximate surface area is 92.5 Å². The van der Waals surface area contributed by atoms with Gasteiger partial charge >= 0.3 is 0 Å². The average Bonchev–Trinajstić information content (AvgIpc) is 2.65. The monoisotopic (exact) mass is 232 g/mol. The van der Waals surface area contributed by atoms with E-state index in [0.717, 1.165) is 30.7 Å². The molecule has 0 spiro atoms. The van der Waals surface area contributed by atoms with Crippen LogP contribution in [0.4, 0.5) is 0 Å². The molecule has 0 aromatic carbocycles. The maximum absolute atomic E-state index is 10.0. The minimum absolute atomic E-state index is 0.0695. The minimum atomic E-state index is -0.553. The lowest BCUT2D eigenvalue weighted by Gasteiger charge is -2.26. The molecule has 2 unspecified atom stereocenters. The molecule has 0 saturated carbocycles. The van der Waals surface area contributed by atoms with Gasteiger partial charge in [0.2, 0.25) is 0 Å². The maximum atomic E-state index is 10.0. The lowest BCUT2D eigenvalue weighted by atomic mass is 10.0. The average molecular weight is 233 g/mol. The number of hydrogen-bond acceptors (Lipinski definition) is 3. The summed E-state index contributed by atoms with van der Waals surface area (Å²) < 4.78 is 5.52. The van der Waals surface area contributed by atoms with Gasteiger partial charge in [0, 0.05) is 6.61 Å². The second-order valence-electron chi connectivity index (χ2n) is 3.48. The summed E-state index contributed by atoms with van der Waals surface area (Å²) in [5, 5.41) is 12.6. The molecule has 0 aliphatic carbocycles. The largest absolute Gasteiger partial charge is 0.385 e. The van der Waals surface area contributed by atoms with E-state index in [2.05, 4.69) is 0 Å². The van der Waals surface area contributed by atoms with E-state index >= 15 is 0 Å². The van der Waals surface area contributed by atoms with Crippen molar-refractivity contribution in [2.24, 2.45) is 0 Å². The van der Waals surface area contributed by atoms with E-state index in [4.69, 9.17) is 16.3 Å². The first-order valence-corrected chi connectivity index (χ1v) is 6.07. The van der Waals surface area contributed by atoms with Crippen LogP contribution in [-0.4, -0.2) is 17.8 Å². The van der Waals surface area contributed by atoms with Crippen LogP contribution in [0.5, 0.6) is 0 Å². The SMILES string of the molecule is OC(c1sccc1Cl)C1CCCCO1. The Morgan fingerprint density at radius 1 is 1.57 bits per heavy atom. The maximum Gasteiger partial charge on any atom is 0.116 e. The van der Waals surface area contributed by atoms with Crippen LogP contribution in [0.2, 0.25) is 5.02 Å². The van der Waals surface area contributed by atoms with Gasteiger partial charge in [-0.05, 0) is 30.7 Å². The Bertz CT molecular complexity index is 294. The summed E-state index contributed by atoms with van der Waals surface area (Å²) in [5.74, 6) is 0. The molecular formula is C10H13ClO2S. The summed E-state index contributed by atoms with van der Waals surface area (Å²) in [7, 11) is 0. The summed E-state index contributed by atoms with van der Waals surface area (Å²) in [6.07, 6.45) is 2.53. The zero-order valence-corrected chi connectivity index (χ0v) is 9.35. The summed E-state index contributed by atoms with van der Waals surface area (Å²) in [4.78, 5) is 0.832. The molecule has 1 aliphatic heterocycles. The molecule has 4 heteroatoms. The highest BCUT2D eigenvalue weighted by atomic mass is 35.5. The second kappa shape index (κ2) is 4.62. The fourth-order valence-electron chi connectivity index (χ4n) is 1.70. The first kappa shape index (κ1) is 10.4. The third-order valence-electron chi connectivity index (χ3n) is 2.48. The predicted octanol–water partition coefficient (Wildman–Crippen LogP) is 3.00. The van der Waals surface area contributed by atoms with Crippen LogP contribution in [0.15, 0.2) is 11.4 Å². The fraction of sp³-hybridized carbons (Fsp3) is 0.600. The molecule has 2 heterocycles. The Hall–Kier alpha value is -0.0900. The molecule has 2 rings (SSSR count). The van der Waals surface area contributed by atoms with Crippen molar-refractivity contribution in [1.82, 2.24) is 0 Å². The topological polar surface area (TPSA) is 29.5 Å². The van der Waals surface area contributed by atoms with Crippen molar-refractivity contribution in [2.45, 2.75) is 31.5 Å². The molecule has 2 nitrogen and oxygen atoms in total. The van der Waals surface area contributed by atoms with Gasteiger partial charge in [-0.15, -0.1) is 11.3 Å². The van der Waals surface area contributed by atoms with Gasteiger partial charge < -0.3 is 9.84 Å². The fourth-order valence-corrected chi connectivity index (χ4v) is 2.91. The minimum Gasteiger partial charge on any atom is -0.385 e. The molecular weight excluding hydrogens is 220 g/mol. The van der Waals surface area contributed by atoms with Crippen LogP contribution < -0.4 is 0 Å². The quantitative estimate of drug-likeness (QED) is 0.850. The third-order valence-corrected chi connectivity index (χ3v) is 3.91. The van der Waals surface area contributed by atoms with Gasteiger partial charge in [-0.2, -0.15) is 0 Å². The second-order valence-corrected chi connectivity index (χ2v) is 4.84. The Morgan fingerprint density at radius 2 is 2.43 bits per heavy atom. The molecule has 14 heavy (non-hydrogen) atoms. The van der Waals surface area contributed by atoms with Gasteiger partial charge in [-0.3, -0.25) is 0 Å². The van der Waals surface area contributed by atoms with Gasteiger partial charge in [0.1, 0.15) is 6.10 Å². The van der Waals surface area contributed by atoms with E-state index in [0.29, 0.717) is 5.02 Å². The lowest BCUT2D eigenvalue weighted by molar-refractivity contribution is -0.0620. The standard InChI is InChI=1S/C10H13ClO2S/c11-7-4-6-14-10(7)9(12)8-3-1-2-5-13-8/h4,6,8-9,12H,1-3,5H2. The van der Waals surface area contributed by atoms with Crippen LogP contribution >= 0.6 is 22.9 Å². The first-order chi connectivity index (χ1) is 6.79. The van der Waals surface area contributed by atoms with E-state index in [9.17, 15) is 5.11 Å². The van der Waals surface area contributed by atoms with Gasteiger partial charge in [-0.25, -0.2) is 0 Å². The summed E-state index contributed by atoms with van der Waals surface area (Å²) in [5.41, 5.74) is 0. The van der Waals surface area contributed by atoms with Crippen LogP contribution in [-0.2, 0) is 4.74 Å². The zero-order chi connectivity index (χ0) is 9.97. The van der Waals surface area contributed by atoms with E-state index in [1.165, 1.54) is 11.3 Å². The van der Waals surface area contributed by atoms with Crippen LogP contribution in [0, 0.1) is 0 Å². The summed E-state index contributed by atoms with van der Waals surface area (Å²) in [6, 6.07) is 1.81. The molecule has 1 fully saturated rings. The smallest absolute Gasteiger partial charge is 0.116 e. The van der Waals surface area contributed by atoms with Crippen molar-refractivity contribution < 1.29 is 9.84 Å². The first-order valence-electron chi connectivity index (χ1n) is 4.81. The highest BCUT2D eigenvalue weighted by Gasteiger charge is 2.26. The third kappa shape index (κ3) is 2.11. The number of hydrogen-bond donors (Lipinski definition) is 1. The predicted molar refractivity (Wildman–Crippen MR) is 57.9 cm³/mol. The Kier molecular flexibility index (Phi) is 3.44. The normalized spacial score (nSPS) is 24.9. The molecule has 2 atom stereocenters. The van der Waals surface area contributed by atoms with Crippen molar-refractivity contribution >= 4 is 22.9 Å². The van der Waals surface area contributed by atoms with Gasteiger partial charge in [0.15, 0.2) is 0 Å². The zero-order valence-electron chi connectivity index (χ0n) is 7.78. The van der Waals surface area contributed by atoms with Crippen LogP contribution in [0.25, 0.3) is 0 Å². The van der Waals surface area contributed by atoms with E-state index in [-0.39, 0.29) is 6.10 Å². The molecule has 1 aromatic heterocycles. The Balaban J connectivity index is 2.07. The van der Waals surface area contributed by atoms with E-state index in [1.54, 1.807) is 0 Å². The number of aliphatic hydroxyl groups excluding tert-OH is 1. The summed E-state index contributed by atoms with van der Waals surface area (Å²) >= 11 is 7.44. The van der Waals surface area contributed by atoms with Crippen molar-refractivity contribution in [3.63, 3.8) is 0 Å². The highest BCUT2D eigenvalue weighted by Crippen LogP contribution is 2.34. The van der Waals surface area contributed by atoms with Gasteiger partial charge in [0.25, 0.3) is 0 Å². The number of halogens is 1. The van der Waals surface area contributed by atoms with Crippen molar-refractivity contribution in [2.75, 3.05) is 6.61 Å². The van der Waals surface area contributed by atoms with Gasteiger partial charge in [-0.1, -0.05) is 11.6 Å². The molecule has 1 aliphatic rings. The number of ether oxygens (including phenoxy) is 1. The molecule has 0 amide bonds. The Morgan fingerprint density at radius 3 is 3.00 bits per heavy atom. The van der Waals surface area contributed by atoms with E-state index in [1.807, 2.05) is 11.4 Å². The molecule has 0 bridgehead atoms. The summed E-state index contributed by atoms with van der Waals surface area (Å²) in [6.45, 7) is 0.755. The number of aliphatic hydroxyl groups is 1. The van der Waals surface area contributed by atoms with E-state index < -0.39 is 6.10 Å². The number of thiophene rings is 1. The van der Waals surface area contributed by atoms with Crippen LogP contribution in [0.1, 0.15) is 30.2 Å². The molecule has 0 radical (unpaired) electrons. The molecule has 1 aromatic rings. The van der Waals surface area contributed by atoms with Crippen molar-refractivity contribution in [1.29, 1.82) is 0 Å². The van der Waals surface area contributed by atoms with Crippen LogP contribution in [0.3, 0.4) is 0 Å². The van der Waals surface area contributed by atoms with Crippen molar-refractivity contribution in [3.8, 4) is 0 Å². The molecule has 78 valence electrons.